The summed E-state index contributed by atoms with van der Waals surface area (Å²) in [7, 11) is 0. The average Bonchev–Trinajstić information content (AvgIpc) is 2.38. The molecule has 88 valence electrons. The van der Waals surface area contributed by atoms with Gasteiger partial charge in [-0.05, 0) is 24.5 Å². The largest absolute Gasteiger partial charge is 0.388 e. The topological polar surface area (TPSA) is 20.2 Å². The smallest absolute Gasteiger partial charge is 0.128 e. The maximum Gasteiger partial charge on any atom is 0.128 e. The lowest BCUT2D eigenvalue weighted by Gasteiger charge is -2.11. The Kier molecular flexibility index (Phi) is 3.89. The molecule has 17 heavy (non-hydrogen) atoms. The van der Waals surface area contributed by atoms with Crippen LogP contribution in [0.25, 0.3) is 0 Å². The van der Waals surface area contributed by atoms with Crippen molar-refractivity contribution < 1.29 is 9.50 Å². The van der Waals surface area contributed by atoms with Crippen LogP contribution in [0.5, 0.6) is 0 Å². The Morgan fingerprint density at radius 2 is 1.59 bits per heavy atom. The monoisotopic (exact) mass is 230 g/mol. The van der Waals surface area contributed by atoms with Crippen LogP contribution in [-0.4, -0.2) is 5.11 Å². The molecule has 0 radical (unpaired) electrons. The van der Waals surface area contributed by atoms with Crippen LogP contribution in [0, 0.1) is 5.82 Å². The summed E-state index contributed by atoms with van der Waals surface area (Å²) in [6.07, 6.45) is 0.540. The molecule has 0 heterocycles. The van der Waals surface area contributed by atoms with E-state index in [0.29, 0.717) is 12.0 Å². The first-order chi connectivity index (χ1) is 8.27. The van der Waals surface area contributed by atoms with Gasteiger partial charge in [0, 0.05) is 5.56 Å². The van der Waals surface area contributed by atoms with Gasteiger partial charge in [0.05, 0.1) is 6.10 Å². The number of rotatable bonds is 4. The normalized spacial score (nSPS) is 12.4. The summed E-state index contributed by atoms with van der Waals surface area (Å²) in [4.78, 5) is 0. The van der Waals surface area contributed by atoms with Gasteiger partial charge in [0.2, 0.25) is 0 Å². The van der Waals surface area contributed by atoms with Crippen LogP contribution in [0.3, 0.4) is 0 Å². The molecule has 0 aliphatic carbocycles. The molecule has 2 aromatic carbocycles. The fourth-order valence-electron chi connectivity index (χ4n) is 1.85. The number of hydrogen-bond donors (Lipinski definition) is 1. The molecule has 0 bridgehead atoms. The van der Waals surface area contributed by atoms with Gasteiger partial charge in [0.15, 0.2) is 0 Å². The Morgan fingerprint density at radius 1 is 0.941 bits per heavy atom. The van der Waals surface area contributed by atoms with Gasteiger partial charge in [-0.1, -0.05) is 48.5 Å². The Bertz CT molecular complexity index is 467. The second-order valence-electron chi connectivity index (χ2n) is 4.06. The highest BCUT2D eigenvalue weighted by atomic mass is 19.1. The zero-order valence-corrected chi connectivity index (χ0v) is 9.51. The number of aliphatic hydroxyl groups is 1. The SMILES string of the molecule is O[C@H](CCc1ccccc1)c1ccccc1F. The average molecular weight is 230 g/mol. The van der Waals surface area contributed by atoms with Crippen LogP contribution in [-0.2, 0) is 6.42 Å². The van der Waals surface area contributed by atoms with E-state index < -0.39 is 6.10 Å². The van der Waals surface area contributed by atoms with Crippen LogP contribution < -0.4 is 0 Å². The van der Waals surface area contributed by atoms with E-state index >= 15 is 0 Å². The van der Waals surface area contributed by atoms with Gasteiger partial charge in [-0.15, -0.1) is 0 Å². The lowest BCUT2D eigenvalue weighted by molar-refractivity contribution is 0.163. The van der Waals surface area contributed by atoms with Crippen molar-refractivity contribution in [1.82, 2.24) is 0 Å². The summed E-state index contributed by atoms with van der Waals surface area (Å²) < 4.78 is 13.4. The standard InChI is InChI=1S/C15H15FO/c16-14-9-5-4-8-13(14)15(17)11-10-12-6-2-1-3-7-12/h1-9,15,17H,10-11H2/t15-/m1/s1. The van der Waals surface area contributed by atoms with Gasteiger partial charge in [0.1, 0.15) is 5.82 Å². The molecule has 0 spiro atoms. The molecule has 1 atom stereocenters. The van der Waals surface area contributed by atoms with E-state index in [1.54, 1.807) is 18.2 Å². The summed E-state index contributed by atoms with van der Waals surface area (Å²) in [5.41, 5.74) is 1.53. The fraction of sp³-hybridized carbons (Fsp3) is 0.200. The summed E-state index contributed by atoms with van der Waals surface area (Å²) in [5, 5.41) is 9.92. The molecule has 0 aliphatic rings. The molecule has 1 nitrogen and oxygen atoms in total. The van der Waals surface area contributed by atoms with Crippen LogP contribution in [0.1, 0.15) is 23.7 Å². The van der Waals surface area contributed by atoms with Crippen LogP contribution in [0.2, 0.25) is 0 Å². The van der Waals surface area contributed by atoms with Crippen molar-refractivity contribution in [3.8, 4) is 0 Å². The van der Waals surface area contributed by atoms with E-state index in [4.69, 9.17) is 0 Å². The molecule has 2 rings (SSSR count). The Morgan fingerprint density at radius 3 is 2.29 bits per heavy atom. The number of aryl methyl sites for hydroxylation is 1. The van der Waals surface area contributed by atoms with E-state index in [1.165, 1.54) is 6.07 Å². The second-order valence-corrected chi connectivity index (χ2v) is 4.06. The highest BCUT2D eigenvalue weighted by Crippen LogP contribution is 2.21. The predicted molar refractivity (Wildman–Crippen MR) is 66.1 cm³/mol. The number of halogens is 1. The van der Waals surface area contributed by atoms with Crippen LogP contribution >= 0.6 is 0 Å². The molecule has 0 aliphatic heterocycles. The number of benzene rings is 2. The molecule has 0 fully saturated rings. The molecule has 0 saturated heterocycles. The number of hydrogen-bond acceptors (Lipinski definition) is 1. The molecule has 0 aromatic heterocycles. The van der Waals surface area contributed by atoms with E-state index in [0.717, 1.165) is 12.0 Å². The third kappa shape index (κ3) is 3.14. The van der Waals surface area contributed by atoms with Crippen molar-refractivity contribution in [2.75, 3.05) is 0 Å². The third-order valence-corrected chi connectivity index (χ3v) is 2.81. The third-order valence-electron chi connectivity index (χ3n) is 2.81. The summed E-state index contributed by atoms with van der Waals surface area (Å²) in [6, 6.07) is 16.3. The van der Waals surface area contributed by atoms with Crippen molar-refractivity contribution in [2.45, 2.75) is 18.9 Å². The van der Waals surface area contributed by atoms with Crippen molar-refractivity contribution in [3.05, 3.63) is 71.5 Å². The molecule has 0 saturated carbocycles. The fourth-order valence-corrected chi connectivity index (χ4v) is 1.85. The highest BCUT2D eigenvalue weighted by Gasteiger charge is 2.11. The summed E-state index contributed by atoms with van der Waals surface area (Å²) in [6.45, 7) is 0. The zero-order valence-electron chi connectivity index (χ0n) is 9.51. The minimum atomic E-state index is -0.739. The lowest BCUT2D eigenvalue weighted by atomic mass is 10.0. The molecule has 2 aromatic rings. The van der Waals surface area contributed by atoms with Gasteiger partial charge in [-0.25, -0.2) is 4.39 Å². The maximum atomic E-state index is 13.4. The number of aliphatic hydroxyl groups excluding tert-OH is 1. The first-order valence-electron chi connectivity index (χ1n) is 5.74. The van der Waals surface area contributed by atoms with Gasteiger partial charge in [-0.2, -0.15) is 0 Å². The molecule has 1 N–H and O–H groups in total. The molecule has 0 amide bonds. The van der Waals surface area contributed by atoms with E-state index in [2.05, 4.69) is 0 Å². The van der Waals surface area contributed by atoms with E-state index in [9.17, 15) is 9.50 Å². The molecular weight excluding hydrogens is 215 g/mol. The van der Waals surface area contributed by atoms with E-state index in [1.807, 2.05) is 30.3 Å². The Hall–Kier alpha value is -1.67. The highest BCUT2D eigenvalue weighted by molar-refractivity contribution is 5.21. The van der Waals surface area contributed by atoms with Gasteiger partial charge in [-0.3, -0.25) is 0 Å². The van der Waals surface area contributed by atoms with Crippen molar-refractivity contribution >= 4 is 0 Å². The maximum absolute atomic E-state index is 13.4. The minimum absolute atomic E-state index is 0.340. The van der Waals surface area contributed by atoms with Crippen LogP contribution in [0.15, 0.2) is 54.6 Å². The summed E-state index contributed by atoms with van der Waals surface area (Å²) >= 11 is 0. The Balaban J connectivity index is 1.99. The van der Waals surface area contributed by atoms with Gasteiger partial charge in [0.25, 0.3) is 0 Å². The van der Waals surface area contributed by atoms with Gasteiger partial charge >= 0.3 is 0 Å². The minimum Gasteiger partial charge on any atom is -0.388 e. The zero-order chi connectivity index (χ0) is 12.1. The second kappa shape index (κ2) is 5.60. The van der Waals surface area contributed by atoms with Crippen molar-refractivity contribution in [1.29, 1.82) is 0 Å². The summed E-state index contributed by atoms with van der Waals surface area (Å²) in [5.74, 6) is -0.340. The first-order valence-corrected chi connectivity index (χ1v) is 5.74. The Labute approximate surface area is 101 Å². The van der Waals surface area contributed by atoms with Gasteiger partial charge < -0.3 is 5.11 Å². The molecular formula is C15H15FO. The predicted octanol–water partition coefficient (Wildman–Crippen LogP) is 3.49. The quantitative estimate of drug-likeness (QED) is 0.852. The lowest BCUT2D eigenvalue weighted by Crippen LogP contribution is -2.02. The first kappa shape index (κ1) is 11.8. The molecule has 2 heteroatoms. The van der Waals surface area contributed by atoms with Crippen molar-refractivity contribution in [2.24, 2.45) is 0 Å². The van der Waals surface area contributed by atoms with E-state index in [-0.39, 0.29) is 5.82 Å². The molecule has 0 unspecified atom stereocenters. The van der Waals surface area contributed by atoms with Crippen molar-refractivity contribution in [3.63, 3.8) is 0 Å². The van der Waals surface area contributed by atoms with Crippen LogP contribution in [0.4, 0.5) is 4.39 Å².